The summed E-state index contributed by atoms with van der Waals surface area (Å²) >= 11 is 0. The first kappa shape index (κ1) is 22.1. The van der Waals surface area contributed by atoms with E-state index in [-0.39, 0.29) is 5.91 Å². The van der Waals surface area contributed by atoms with E-state index in [1.807, 2.05) is 62.4 Å². The van der Waals surface area contributed by atoms with Crippen LogP contribution < -0.4 is 10.6 Å². The fourth-order valence-electron chi connectivity index (χ4n) is 3.08. The first-order chi connectivity index (χ1) is 13.8. The van der Waals surface area contributed by atoms with Crippen molar-refractivity contribution in [3.63, 3.8) is 0 Å². The summed E-state index contributed by atoms with van der Waals surface area (Å²) in [7, 11) is 1.29. The summed E-state index contributed by atoms with van der Waals surface area (Å²) in [6, 6.07) is 13.7. The number of amides is 2. The Bertz CT molecular complexity index is 864. The summed E-state index contributed by atoms with van der Waals surface area (Å²) in [6.07, 6.45) is 0.626. The smallest absolute Gasteiger partial charge is 0.328 e. The molecule has 2 aromatic rings. The molecule has 0 radical (unpaired) electrons. The summed E-state index contributed by atoms with van der Waals surface area (Å²) in [5.41, 5.74) is 4.09. The zero-order valence-corrected chi connectivity index (χ0v) is 17.3. The van der Waals surface area contributed by atoms with E-state index in [0.717, 1.165) is 22.3 Å². The zero-order valence-electron chi connectivity index (χ0n) is 17.3. The summed E-state index contributed by atoms with van der Waals surface area (Å²) in [5.74, 6) is -1.27. The van der Waals surface area contributed by atoms with Crippen molar-refractivity contribution in [3.8, 4) is 0 Å². The molecule has 2 aromatic carbocycles. The van der Waals surface area contributed by atoms with E-state index in [2.05, 4.69) is 10.6 Å². The van der Waals surface area contributed by atoms with Gasteiger partial charge in [0.25, 0.3) is 0 Å². The molecule has 6 heteroatoms. The third-order valence-corrected chi connectivity index (χ3v) is 4.79. The molecular weight excluding hydrogens is 368 g/mol. The molecule has 0 saturated heterocycles. The van der Waals surface area contributed by atoms with Gasteiger partial charge in [-0.2, -0.15) is 0 Å². The van der Waals surface area contributed by atoms with Crippen molar-refractivity contribution in [2.24, 2.45) is 0 Å². The molecule has 6 nitrogen and oxygen atoms in total. The number of hydrogen-bond acceptors (Lipinski definition) is 4. The molecule has 2 N–H and O–H groups in total. The predicted molar refractivity (Wildman–Crippen MR) is 111 cm³/mol. The van der Waals surface area contributed by atoms with E-state index >= 15 is 0 Å². The van der Waals surface area contributed by atoms with Crippen LogP contribution in [0.25, 0.3) is 0 Å². The van der Waals surface area contributed by atoms with Gasteiger partial charge >= 0.3 is 5.97 Å². The molecule has 0 heterocycles. The third-order valence-electron chi connectivity index (χ3n) is 4.79. The van der Waals surface area contributed by atoms with Gasteiger partial charge < -0.3 is 15.4 Å². The number of carbonyl (C=O) groups is 3. The van der Waals surface area contributed by atoms with E-state index in [9.17, 15) is 14.4 Å². The van der Waals surface area contributed by atoms with E-state index in [1.54, 1.807) is 0 Å². The third kappa shape index (κ3) is 6.75. The van der Waals surface area contributed by atoms with Crippen LogP contribution in [0.15, 0.2) is 48.5 Å². The van der Waals surface area contributed by atoms with Gasteiger partial charge in [-0.15, -0.1) is 0 Å². The Morgan fingerprint density at radius 3 is 2.10 bits per heavy atom. The molecule has 0 fully saturated rings. The topological polar surface area (TPSA) is 84.5 Å². The standard InChI is InChI=1S/C23H28N2O4/c1-15-10-11-19(12-16(15)2)14-21(23(28)29-4)25-22(27)20(24-17(3)26)13-18-8-6-5-7-9-18/h5-12,20-21H,13-14H2,1-4H3,(H,24,26)(H,25,27)/t20-,21-/m0/s1. The van der Waals surface area contributed by atoms with Gasteiger partial charge in [0, 0.05) is 19.8 Å². The molecule has 2 rings (SSSR count). The average molecular weight is 396 g/mol. The lowest BCUT2D eigenvalue weighted by atomic mass is 10.00. The number of nitrogens with one attached hydrogen (secondary N) is 2. The number of rotatable bonds is 8. The lowest BCUT2D eigenvalue weighted by Gasteiger charge is -2.22. The maximum Gasteiger partial charge on any atom is 0.328 e. The maximum absolute atomic E-state index is 12.9. The van der Waals surface area contributed by atoms with Crippen molar-refractivity contribution in [2.45, 2.75) is 45.7 Å². The van der Waals surface area contributed by atoms with Crippen LogP contribution in [0.2, 0.25) is 0 Å². The lowest BCUT2D eigenvalue weighted by Crippen LogP contribution is -2.53. The number of benzene rings is 2. The monoisotopic (exact) mass is 396 g/mol. The van der Waals surface area contributed by atoms with Gasteiger partial charge in [-0.25, -0.2) is 4.79 Å². The number of esters is 1. The molecule has 0 spiro atoms. The predicted octanol–water partition coefficient (Wildman–Crippen LogP) is 2.25. The number of ether oxygens (including phenoxy) is 1. The molecule has 2 amide bonds. The molecule has 0 aliphatic rings. The van der Waals surface area contributed by atoms with Crippen LogP contribution in [0.3, 0.4) is 0 Å². The van der Waals surface area contributed by atoms with Crippen molar-refractivity contribution in [1.82, 2.24) is 10.6 Å². The summed E-state index contributed by atoms with van der Waals surface area (Å²) in [4.78, 5) is 36.8. The summed E-state index contributed by atoms with van der Waals surface area (Å²) < 4.78 is 4.88. The van der Waals surface area contributed by atoms with E-state index < -0.39 is 24.0 Å². The highest BCUT2D eigenvalue weighted by Crippen LogP contribution is 2.13. The largest absolute Gasteiger partial charge is 0.467 e. The van der Waals surface area contributed by atoms with Gasteiger partial charge in [0.1, 0.15) is 12.1 Å². The van der Waals surface area contributed by atoms with E-state index in [1.165, 1.54) is 14.0 Å². The molecule has 0 bridgehead atoms. The van der Waals surface area contributed by atoms with Gasteiger partial charge in [0.2, 0.25) is 11.8 Å². The van der Waals surface area contributed by atoms with Gasteiger partial charge in [-0.05, 0) is 36.1 Å². The Labute approximate surface area is 171 Å². The minimum Gasteiger partial charge on any atom is -0.467 e. The van der Waals surface area contributed by atoms with Crippen LogP contribution in [0.5, 0.6) is 0 Å². The molecule has 0 aliphatic carbocycles. The zero-order chi connectivity index (χ0) is 21.4. The highest BCUT2D eigenvalue weighted by Gasteiger charge is 2.27. The summed E-state index contributed by atoms with van der Waals surface area (Å²) in [5, 5.41) is 5.42. The quantitative estimate of drug-likeness (QED) is 0.671. The average Bonchev–Trinajstić information content (AvgIpc) is 2.69. The second kappa shape index (κ2) is 10.4. The van der Waals surface area contributed by atoms with Crippen molar-refractivity contribution >= 4 is 17.8 Å². The minimum atomic E-state index is -0.846. The van der Waals surface area contributed by atoms with Gasteiger partial charge in [-0.1, -0.05) is 48.5 Å². The SMILES string of the molecule is COC(=O)[C@H](Cc1ccc(C)c(C)c1)NC(=O)[C@H](Cc1ccccc1)NC(C)=O. The molecule has 0 saturated carbocycles. The van der Waals surface area contributed by atoms with Crippen molar-refractivity contribution in [3.05, 3.63) is 70.8 Å². The van der Waals surface area contributed by atoms with Crippen LogP contribution >= 0.6 is 0 Å². The molecular formula is C23H28N2O4. The van der Waals surface area contributed by atoms with Crippen LogP contribution in [0.4, 0.5) is 0 Å². The fourth-order valence-corrected chi connectivity index (χ4v) is 3.08. The Kier molecular flexibility index (Phi) is 7.95. The Morgan fingerprint density at radius 2 is 1.52 bits per heavy atom. The van der Waals surface area contributed by atoms with Crippen molar-refractivity contribution in [1.29, 1.82) is 0 Å². The molecule has 29 heavy (non-hydrogen) atoms. The van der Waals surface area contributed by atoms with Crippen LogP contribution in [0.1, 0.15) is 29.2 Å². The van der Waals surface area contributed by atoms with E-state index in [0.29, 0.717) is 12.8 Å². The number of methoxy groups -OCH3 is 1. The summed E-state index contributed by atoms with van der Waals surface area (Å²) in [6.45, 7) is 5.37. The number of carbonyl (C=O) groups excluding carboxylic acids is 3. The maximum atomic E-state index is 12.9. The highest BCUT2D eigenvalue weighted by molar-refractivity contribution is 5.90. The number of hydrogen-bond donors (Lipinski definition) is 2. The van der Waals surface area contributed by atoms with Gasteiger partial charge in [-0.3, -0.25) is 9.59 Å². The molecule has 2 atom stereocenters. The molecule has 0 unspecified atom stereocenters. The first-order valence-corrected chi connectivity index (χ1v) is 9.55. The molecule has 0 aliphatic heterocycles. The minimum absolute atomic E-state index is 0.303. The van der Waals surface area contributed by atoms with Crippen LogP contribution in [-0.4, -0.2) is 37.0 Å². The van der Waals surface area contributed by atoms with E-state index in [4.69, 9.17) is 4.74 Å². The number of aryl methyl sites for hydroxylation is 2. The Balaban J connectivity index is 2.17. The Hall–Kier alpha value is -3.15. The van der Waals surface area contributed by atoms with Crippen molar-refractivity contribution in [2.75, 3.05) is 7.11 Å². The normalized spacial score (nSPS) is 12.6. The first-order valence-electron chi connectivity index (χ1n) is 9.55. The Morgan fingerprint density at radius 1 is 0.862 bits per heavy atom. The lowest BCUT2D eigenvalue weighted by molar-refractivity contribution is -0.145. The second-order valence-electron chi connectivity index (χ2n) is 7.15. The fraction of sp³-hybridized carbons (Fsp3) is 0.348. The second-order valence-corrected chi connectivity index (χ2v) is 7.15. The molecule has 0 aromatic heterocycles. The van der Waals surface area contributed by atoms with Crippen molar-refractivity contribution < 1.29 is 19.1 Å². The van der Waals surface area contributed by atoms with Gasteiger partial charge in [0.15, 0.2) is 0 Å². The van der Waals surface area contributed by atoms with Crippen LogP contribution in [-0.2, 0) is 32.0 Å². The highest BCUT2D eigenvalue weighted by atomic mass is 16.5. The van der Waals surface area contributed by atoms with Crippen LogP contribution in [0, 0.1) is 13.8 Å². The van der Waals surface area contributed by atoms with Gasteiger partial charge in [0.05, 0.1) is 7.11 Å². The molecule has 154 valence electrons.